The van der Waals surface area contributed by atoms with Gasteiger partial charge >= 0.3 is 0 Å². The van der Waals surface area contributed by atoms with E-state index in [1.54, 1.807) is 18.2 Å². The Morgan fingerprint density at radius 1 is 1.07 bits per heavy atom. The summed E-state index contributed by atoms with van der Waals surface area (Å²) in [6, 6.07) is 18.2. The SMILES string of the molecule is Cc1c(C(=O)NCCC(C)C)cc(-c2ccccc2)n1-c1ccccc1F. The number of carbonyl (C=O) groups is 1. The number of nitrogens with zero attached hydrogens (tertiary/aromatic N) is 1. The van der Waals surface area contributed by atoms with Crippen LogP contribution in [0.5, 0.6) is 0 Å². The number of amides is 1. The highest BCUT2D eigenvalue weighted by molar-refractivity contribution is 5.97. The maximum atomic E-state index is 14.5. The Morgan fingerprint density at radius 3 is 2.41 bits per heavy atom. The van der Waals surface area contributed by atoms with Crippen molar-refractivity contribution in [2.24, 2.45) is 5.92 Å². The molecule has 4 heteroatoms. The molecule has 0 saturated heterocycles. The first-order chi connectivity index (χ1) is 13.0. The number of hydrogen-bond acceptors (Lipinski definition) is 1. The van der Waals surface area contributed by atoms with Gasteiger partial charge in [0, 0.05) is 12.2 Å². The minimum absolute atomic E-state index is 0.125. The van der Waals surface area contributed by atoms with Gasteiger partial charge in [-0.25, -0.2) is 4.39 Å². The average molecular weight is 364 g/mol. The number of rotatable bonds is 6. The monoisotopic (exact) mass is 364 g/mol. The summed E-state index contributed by atoms with van der Waals surface area (Å²) < 4.78 is 16.4. The lowest BCUT2D eigenvalue weighted by Gasteiger charge is -2.13. The molecule has 0 aliphatic carbocycles. The highest BCUT2D eigenvalue weighted by Gasteiger charge is 2.20. The lowest BCUT2D eigenvalue weighted by atomic mass is 10.1. The number of nitrogens with one attached hydrogen (secondary N) is 1. The zero-order valence-corrected chi connectivity index (χ0v) is 16.0. The molecule has 0 fully saturated rings. The molecule has 1 N–H and O–H groups in total. The number of para-hydroxylation sites is 1. The number of benzene rings is 2. The molecule has 1 aromatic heterocycles. The van der Waals surface area contributed by atoms with Gasteiger partial charge in [0.1, 0.15) is 5.82 Å². The van der Waals surface area contributed by atoms with Gasteiger partial charge in [0.25, 0.3) is 5.91 Å². The predicted octanol–water partition coefficient (Wildman–Crippen LogP) is 5.37. The Bertz CT molecular complexity index is 929. The van der Waals surface area contributed by atoms with Crippen LogP contribution in [-0.4, -0.2) is 17.0 Å². The fourth-order valence-electron chi connectivity index (χ4n) is 3.17. The van der Waals surface area contributed by atoms with Crippen LogP contribution in [0.4, 0.5) is 4.39 Å². The molecule has 0 aliphatic heterocycles. The van der Waals surface area contributed by atoms with Gasteiger partial charge in [0.15, 0.2) is 0 Å². The molecule has 2 aromatic carbocycles. The van der Waals surface area contributed by atoms with Gasteiger partial charge < -0.3 is 9.88 Å². The Labute approximate surface area is 159 Å². The van der Waals surface area contributed by atoms with E-state index >= 15 is 0 Å². The van der Waals surface area contributed by atoms with Crippen LogP contribution >= 0.6 is 0 Å². The highest BCUT2D eigenvalue weighted by Crippen LogP contribution is 2.30. The summed E-state index contributed by atoms with van der Waals surface area (Å²) in [7, 11) is 0. The standard InChI is InChI=1S/C23H25FN2O/c1-16(2)13-14-25-23(27)19-15-22(18-9-5-4-6-10-18)26(17(19)3)21-12-8-7-11-20(21)24/h4-12,15-16H,13-14H2,1-3H3,(H,25,27). The molecule has 0 radical (unpaired) electrons. The zero-order chi connectivity index (χ0) is 19.4. The average Bonchev–Trinajstić information content (AvgIpc) is 3.00. The number of carbonyl (C=O) groups excluding carboxylic acids is 1. The smallest absolute Gasteiger partial charge is 0.253 e. The van der Waals surface area contributed by atoms with Crippen molar-refractivity contribution in [1.82, 2.24) is 9.88 Å². The second kappa shape index (κ2) is 8.21. The zero-order valence-electron chi connectivity index (χ0n) is 16.0. The third-order valence-corrected chi connectivity index (χ3v) is 4.66. The predicted molar refractivity (Wildman–Crippen MR) is 108 cm³/mol. The van der Waals surface area contributed by atoms with E-state index in [4.69, 9.17) is 0 Å². The van der Waals surface area contributed by atoms with E-state index in [-0.39, 0.29) is 11.7 Å². The van der Waals surface area contributed by atoms with E-state index in [0.717, 1.165) is 23.4 Å². The summed E-state index contributed by atoms with van der Waals surface area (Å²) in [6.45, 7) is 6.73. The largest absolute Gasteiger partial charge is 0.352 e. The van der Waals surface area contributed by atoms with E-state index in [0.29, 0.717) is 23.7 Å². The van der Waals surface area contributed by atoms with E-state index in [2.05, 4.69) is 19.2 Å². The number of hydrogen-bond donors (Lipinski definition) is 1. The second-order valence-corrected chi connectivity index (χ2v) is 7.12. The Hall–Kier alpha value is -2.88. The molecule has 0 bridgehead atoms. The van der Waals surface area contributed by atoms with Crippen molar-refractivity contribution in [3.05, 3.63) is 77.7 Å². The third-order valence-electron chi connectivity index (χ3n) is 4.66. The number of aromatic nitrogens is 1. The lowest BCUT2D eigenvalue weighted by Crippen LogP contribution is -2.25. The van der Waals surface area contributed by atoms with Gasteiger partial charge in [-0.2, -0.15) is 0 Å². The highest BCUT2D eigenvalue weighted by atomic mass is 19.1. The quantitative estimate of drug-likeness (QED) is 0.627. The summed E-state index contributed by atoms with van der Waals surface area (Å²) in [5.74, 6) is 0.0786. The van der Waals surface area contributed by atoms with Crippen molar-refractivity contribution in [3.63, 3.8) is 0 Å². The van der Waals surface area contributed by atoms with Gasteiger partial charge in [-0.1, -0.05) is 56.3 Å². The molecule has 0 spiro atoms. The van der Waals surface area contributed by atoms with E-state index in [1.165, 1.54) is 6.07 Å². The van der Waals surface area contributed by atoms with E-state index in [1.807, 2.05) is 47.9 Å². The van der Waals surface area contributed by atoms with Gasteiger partial charge in [-0.15, -0.1) is 0 Å². The van der Waals surface area contributed by atoms with Crippen LogP contribution < -0.4 is 5.32 Å². The topological polar surface area (TPSA) is 34.0 Å². The first-order valence-electron chi connectivity index (χ1n) is 9.30. The summed E-state index contributed by atoms with van der Waals surface area (Å²) in [5, 5.41) is 2.98. The van der Waals surface area contributed by atoms with Crippen molar-refractivity contribution >= 4 is 5.91 Å². The van der Waals surface area contributed by atoms with E-state index < -0.39 is 0 Å². The maximum Gasteiger partial charge on any atom is 0.253 e. The van der Waals surface area contributed by atoms with Crippen molar-refractivity contribution < 1.29 is 9.18 Å². The second-order valence-electron chi connectivity index (χ2n) is 7.12. The molecular weight excluding hydrogens is 339 g/mol. The van der Waals surface area contributed by atoms with Gasteiger partial charge in [0.05, 0.1) is 16.9 Å². The summed E-state index contributed by atoms with van der Waals surface area (Å²) in [4.78, 5) is 12.7. The molecule has 0 saturated carbocycles. The minimum Gasteiger partial charge on any atom is -0.352 e. The molecule has 27 heavy (non-hydrogen) atoms. The molecule has 0 atom stereocenters. The Kier molecular flexibility index (Phi) is 5.75. The first-order valence-corrected chi connectivity index (χ1v) is 9.30. The molecule has 1 amide bonds. The van der Waals surface area contributed by atoms with Crippen molar-refractivity contribution in [2.45, 2.75) is 27.2 Å². The minimum atomic E-state index is -0.319. The Morgan fingerprint density at radius 2 is 1.74 bits per heavy atom. The summed E-state index contributed by atoms with van der Waals surface area (Å²) >= 11 is 0. The molecule has 3 rings (SSSR count). The van der Waals surface area contributed by atoms with Crippen LogP contribution in [0.2, 0.25) is 0 Å². The van der Waals surface area contributed by atoms with Gasteiger partial charge in [0.2, 0.25) is 0 Å². The van der Waals surface area contributed by atoms with E-state index in [9.17, 15) is 9.18 Å². The molecule has 0 unspecified atom stereocenters. The third kappa shape index (κ3) is 4.11. The lowest BCUT2D eigenvalue weighted by molar-refractivity contribution is 0.0951. The van der Waals surface area contributed by atoms with Crippen LogP contribution in [0.25, 0.3) is 16.9 Å². The normalized spacial score (nSPS) is 11.0. The van der Waals surface area contributed by atoms with Crippen LogP contribution in [0.15, 0.2) is 60.7 Å². The summed E-state index contributed by atoms with van der Waals surface area (Å²) in [6.07, 6.45) is 0.921. The van der Waals surface area contributed by atoms with Crippen molar-refractivity contribution in [3.8, 4) is 16.9 Å². The van der Waals surface area contributed by atoms with Crippen molar-refractivity contribution in [1.29, 1.82) is 0 Å². The molecular formula is C23H25FN2O. The van der Waals surface area contributed by atoms with Crippen LogP contribution in [0.3, 0.4) is 0 Å². The van der Waals surface area contributed by atoms with Crippen LogP contribution in [0, 0.1) is 18.7 Å². The fourth-order valence-corrected chi connectivity index (χ4v) is 3.17. The molecule has 3 nitrogen and oxygen atoms in total. The maximum absolute atomic E-state index is 14.5. The molecule has 3 aromatic rings. The molecule has 1 heterocycles. The van der Waals surface area contributed by atoms with Crippen LogP contribution in [0.1, 0.15) is 36.3 Å². The van der Waals surface area contributed by atoms with Crippen molar-refractivity contribution in [2.75, 3.05) is 6.54 Å². The summed E-state index contributed by atoms with van der Waals surface area (Å²) in [5.41, 5.74) is 3.47. The Balaban J connectivity index is 2.07. The van der Waals surface area contributed by atoms with Gasteiger partial charge in [-0.05, 0) is 43.0 Å². The molecule has 140 valence electrons. The van der Waals surface area contributed by atoms with Gasteiger partial charge in [-0.3, -0.25) is 4.79 Å². The number of halogens is 1. The first kappa shape index (κ1) is 18.9. The fraction of sp³-hybridized carbons (Fsp3) is 0.261. The van der Waals surface area contributed by atoms with Crippen LogP contribution in [-0.2, 0) is 0 Å². The molecule has 0 aliphatic rings.